The zero-order valence-electron chi connectivity index (χ0n) is 36.7. The second kappa shape index (κ2) is 21.3. The van der Waals surface area contributed by atoms with Gasteiger partial charge in [-0.3, -0.25) is 9.59 Å². The number of carbonyl (C=O) groups excluding carboxylic acids is 2. The SMILES string of the molecule is CCN(c1ccc(C(=O)Nc2ccccc2N)cc1)C1CCN(CC(C)(C)C)CC1.CCN(c1ccc(C(=O)Nc2ccccc2N)cc1)C1CCN(CC(C)C)CC1. The number of nitrogen functional groups attached to an aromatic ring is 2. The fourth-order valence-corrected chi connectivity index (χ4v) is 8.51. The molecular formula is C49H70N8O2. The van der Waals surface area contributed by atoms with Gasteiger partial charge >= 0.3 is 0 Å². The Kier molecular flexibility index (Phi) is 16.2. The zero-order chi connectivity index (χ0) is 42.5. The van der Waals surface area contributed by atoms with Gasteiger partial charge in [-0.25, -0.2) is 0 Å². The van der Waals surface area contributed by atoms with Crippen LogP contribution in [0, 0.1) is 11.3 Å². The number of piperidine rings is 2. The highest BCUT2D eigenvalue weighted by Crippen LogP contribution is 2.28. The van der Waals surface area contributed by atoms with Crippen LogP contribution in [0.1, 0.15) is 94.9 Å². The first-order valence-corrected chi connectivity index (χ1v) is 21.7. The summed E-state index contributed by atoms with van der Waals surface area (Å²) in [4.78, 5) is 35.3. The van der Waals surface area contributed by atoms with Gasteiger partial charge in [-0.2, -0.15) is 0 Å². The third-order valence-corrected chi connectivity index (χ3v) is 11.3. The van der Waals surface area contributed by atoms with Crippen molar-refractivity contribution in [2.45, 2.75) is 86.2 Å². The summed E-state index contributed by atoms with van der Waals surface area (Å²) in [5, 5.41) is 5.78. The molecule has 6 rings (SSSR count). The smallest absolute Gasteiger partial charge is 0.255 e. The quantitative estimate of drug-likeness (QED) is 0.0988. The highest BCUT2D eigenvalue weighted by atomic mass is 16.2. The Labute approximate surface area is 354 Å². The minimum absolute atomic E-state index is 0.139. The van der Waals surface area contributed by atoms with Crippen molar-refractivity contribution in [1.29, 1.82) is 0 Å². The first-order valence-electron chi connectivity index (χ1n) is 21.7. The number of nitrogens with two attached hydrogens (primary N) is 2. The lowest BCUT2D eigenvalue weighted by Crippen LogP contribution is -2.46. The third-order valence-electron chi connectivity index (χ3n) is 11.3. The van der Waals surface area contributed by atoms with Crippen molar-refractivity contribution in [2.24, 2.45) is 11.3 Å². The van der Waals surface area contributed by atoms with Crippen molar-refractivity contribution in [3.63, 3.8) is 0 Å². The Morgan fingerprint density at radius 1 is 0.627 bits per heavy atom. The minimum atomic E-state index is -0.141. The molecule has 318 valence electrons. The molecule has 0 spiro atoms. The molecule has 4 aromatic rings. The van der Waals surface area contributed by atoms with Gasteiger partial charge in [-0.15, -0.1) is 0 Å². The van der Waals surface area contributed by atoms with Crippen LogP contribution in [0.5, 0.6) is 0 Å². The number of hydrogen-bond donors (Lipinski definition) is 4. The molecule has 2 aliphatic heterocycles. The number of likely N-dealkylation sites (tertiary alicyclic amines) is 2. The molecule has 0 unspecified atom stereocenters. The van der Waals surface area contributed by atoms with Crippen LogP contribution >= 0.6 is 0 Å². The van der Waals surface area contributed by atoms with E-state index in [0.717, 1.165) is 38.6 Å². The fraction of sp³-hybridized carbons (Fsp3) is 0.469. The van der Waals surface area contributed by atoms with Gasteiger partial charge in [-0.1, -0.05) is 58.9 Å². The third kappa shape index (κ3) is 13.2. The number of benzene rings is 4. The summed E-state index contributed by atoms with van der Waals surface area (Å²) < 4.78 is 0. The van der Waals surface area contributed by atoms with Gasteiger partial charge in [0, 0.05) is 86.9 Å². The molecule has 6 N–H and O–H groups in total. The molecule has 4 aromatic carbocycles. The van der Waals surface area contributed by atoms with Crippen LogP contribution in [0.2, 0.25) is 0 Å². The van der Waals surface area contributed by atoms with Crippen LogP contribution in [0.25, 0.3) is 0 Å². The number of anilines is 6. The Hall–Kier alpha value is -5.06. The Morgan fingerprint density at radius 2 is 1.00 bits per heavy atom. The van der Waals surface area contributed by atoms with E-state index in [9.17, 15) is 9.59 Å². The summed E-state index contributed by atoms with van der Waals surface area (Å²) in [6.45, 7) is 24.8. The van der Waals surface area contributed by atoms with Gasteiger partial charge in [0.1, 0.15) is 0 Å². The average Bonchev–Trinajstić information content (AvgIpc) is 3.21. The van der Waals surface area contributed by atoms with Crippen LogP contribution < -0.4 is 31.9 Å². The maximum absolute atomic E-state index is 12.6. The monoisotopic (exact) mass is 803 g/mol. The van der Waals surface area contributed by atoms with Crippen molar-refractivity contribution in [2.75, 3.05) is 84.3 Å². The molecule has 2 saturated heterocycles. The van der Waals surface area contributed by atoms with Crippen molar-refractivity contribution in [3.8, 4) is 0 Å². The fourth-order valence-electron chi connectivity index (χ4n) is 8.51. The Balaban J connectivity index is 0.000000224. The molecule has 2 amide bonds. The lowest BCUT2D eigenvalue weighted by atomic mass is 9.93. The molecule has 2 heterocycles. The van der Waals surface area contributed by atoms with Gasteiger partial charge < -0.3 is 41.7 Å². The molecule has 0 atom stereocenters. The number of nitrogens with one attached hydrogen (secondary N) is 2. The van der Waals surface area contributed by atoms with Crippen LogP contribution in [0.15, 0.2) is 97.1 Å². The highest BCUT2D eigenvalue weighted by Gasteiger charge is 2.27. The van der Waals surface area contributed by atoms with E-state index in [1.54, 1.807) is 12.1 Å². The summed E-state index contributed by atoms with van der Waals surface area (Å²) in [7, 11) is 0. The summed E-state index contributed by atoms with van der Waals surface area (Å²) >= 11 is 0. The second-order valence-electron chi connectivity index (χ2n) is 17.7. The van der Waals surface area contributed by atoms with E-state index in [4.69, 9.17) is 11.5 Å². The largest absolute Gasteiger partial charge is 0.397 e. The molecule has 0 saturated carbocycles. The number of carbonyl (C=O) groups is 2. The number of rotatable bonds is 13. The van der Waals surface area contributed by atoms with Gasteiger partial charge in [0.25, 0.3) is 11.8 Å². The van der Waals surface area contributed by atoms with Gasteiger partial charge in [0.2, 0.25) is 0 Å². The first-order chi connectivity index (χ1) is 28.2. The summed E-state index contributed by atoms with van der Waals surface area (Å²) in [5.74, 6) is 0.441. The molecule has 10 heteroatoms. The molecule has 0 aromatic heterocycles. The Bertz CT molecular complexity index is 1910. The van der Waals surface area contributed by atoms with Crippen molar-refractivity contribution in [1.82, 2.24) is 9.80 Å². The summed E-state index contributed by atoms with van der Waals surface area (Å²) in [5.41, 5.74) is 18.3. The van der Waals surface area contributed by atoms with E-state index in [1.807, 2.05) is 60.7 Å². The molecule has 10 nitrogen and oxygen atoms in total. The number of amides is 2. The number of para-hydroxylation sites is 4. The standard InChI is InChI=1S/C25H36N4O.C24H34N4O/c1-5-29(21-14-16-28(17-15-21)18-25(2,3)4)20-12-10-19(11-13-20)24(30)27-23-9-7-6-8-22(23)26;1-4-28(21-13-15-27(16-14-21)17-18(2)3)20-11-9-19(10-12-20)24(29)26-23-8-6-5-7-22(23)25/h6-13,21H,5,14-18,26H2,1-4H3,(H,27,30);5-12,18,21H,4,13-17,25H2,1-3H3,(H,26,29). The molecule has 0 bridgehead atoms. The lowest BCUT2D eigenvalue weighted by molar-refractivity contribution is 0.101. The van der Waals surface area contributed by atoms with Gasteiger partial charge in [0.15, 0.2) is 0 Å². The van der Waals surface area contributed by atoms with Crippen LogP contribution in [0.4, 0.5) is 34.1 Å². The maximum Gasteiger partial charge on any atom is 0.255 e. The molecule has 0 radical (unpaired) electrons. The molecular weight excluding hydrogens is 733 g/mol. The predicted octanol–water partition coefficient (Wildman–Crippen LogP) is 9.33. The van der Waals surface area contributed by atoms with E-state index in [-0.39, 0.29) is 11.8 Å². The zero-order valence-corrected chi connectivity index (χ0v) is 36.7. The molecule has 2 aliphatic rings. The van der Waals surface area contributed by atoms with E-state index in [1.165, 1.54) is 56.7 Å². The first kappa shape index (κ1) is 45.0. The number of hydrogen-bond acceptors (Lipinski definition) is 8. The topological polar surface area (TPSA) is 123 Å². The van der Waals surface area contributed by atoms with Gasteiger partial charge in [0.05, 0.1) is 22.7 Å². The van der Waals surface area contributed by atoms with Crippen molar-refractivity contribution < 1.29 is 9.59 Å². The van der Waals surface area contributed by atoms with E-state index in [2.05, 4.69) is 103 Å². The second-order valence-corrected chi connectivity index (χ2v) is 17.7. The molecule has 59 heavy (non-hydrogen) atoms. The normalized spacial score (nSPS) is 15.6. The maximum atomic E-state index is 12.6. The molecule has 2 fully saturated rings. The minimum Gasteiger partial charge on any atom is -0.397 e. The summed E-state index contributed by atoms with van der Waals surface area (Å²) in [6.07, 6.45) is 4.74. The lowest BCUT2D eigenvalue weighted by Gasteiger charge is -2.41. The van der Waals surface area contributed by atoms with E-state index >= 15 is 0 Å². The van der Waals surface area contributed by atoms with E-state index < -0.39 is 0 Å². The summed E-state index contributed by atoms with van der Waals surface area (Å²) in [6, 6.07) is 31.6. The van der Waals surface area contributed by atoms with Crippen molar-refractivity contribution in [3.05, 3.63) is 108 Å². The number of nitrogens with zero attached hydrogens (tertiary/aromatic N) is 4. The van der Waals surface area contributed by atoms with Crippen LogP contribution in [0.3, 0.4) is 0 Å². The van der Waals surface area contributed by atoms with Crippen molar-refractivity contribution >= 4 is 45.9 Å². The van der Waals surface area contributed by atoms with Crippen LogP contribution in [-0.2, 0) is 0 Å². The van der Waals surface area contributed by atoms with E-state index in [0.29, 0.717) is 51.4 Å². The molecule has 0 aliphatic carbocycles. The average molecular weight is 803 g/mol. The van der Waals surface area contributed by atoms with Crippen LogP contribution in [-0.4, -0.2) is 86.1 Å². The Morgan fingerprint density at radius 3 is 1.34 bits per heavy atom. The highest BCUT2D eigenvalue weighted by molar-refractivity contribution is 6.06. The predicted molar refractivity (Wildman–Crippen MR) is 250 cm³/mol. The van der Waals surface area contributed by atoms with Gasteiger partial charge in [-0.05, 0) is 124 Å².